The summed E-state index contributed by atoms with van der Waals surface area (Å²) in [5.41, 5.74) is 1.37. The van der Waals surface area contributed by atoms with E-state index >= 15 is 0 Å². The monoisotopic (exact) mass is 469 g/mol. The lowest BCUT2D eigenvalue weighted by Crippen LogP contribution is -2.28. The summed E-state index contributed by atoms with van der Waals surface area (Å²) in [5.74, 6) is -0.515. The number of para-hydroxylation sites is 1. The van der Waals surface area contributed by atoms with E-state index in [0.717, 1.165) is 21.7 Å². The first-order chi connectivity index (χ1) is 14.9. The molecule has 2 heterocycles. The van der Waals surface area contributed by atoms with Crippen LogP contribution in [0.3, 0.4) is 0 Å². The number of sulfone groups is 1. The van der Waals surface area contributed by atoms with Crippen LogP contribution in [0.5, 0.6) is 0 Å². The van der Waals surface area contributed by atoms with Crippen LogP contribution in [0.4, 0.5) is 5.13 Å². The first-order valence-electron chi connectivity index (χ1n) is 9.18. The summed E-state index contributed by atoms with van der Waals surface area (Å²) in [5, 5.41) is 1.82. The Labute approximate surface area is 188 Å². The number of aromatic nitrogens is 2. The minimum absolute atomic E-state index is 0.115. The van der Waals surface area contributed by atoms with E-state index in [-0.39, 0.29) is 11.4 Å². The van der Waals surface area contributed by atoms with E-state index in [9.17, 15) is 13.2 Å². The van der Waals surface area contributed by atoms with Gasteiger partial charge in [0.2, 0.25) is 0 Å². The minimum atomic E-state index is -3.75. The van der Waals surface area contributed by atoms with Gasteiger partial charge in [0, 0.05) is 23.9 Å². The number of hydrogen-bond donors (Lipinski definition) is 0. The Hall–Kier alpha value is -3.07. The number of thiazole rings is 1. The molecule has 4 aromatic rings. The first-order valence-corrected chi connectivity index (χ1v) is 11.9. The summed E-state index contributed by atoms with van der Waals surface area (Å²) in [6.45, 7) is 0.180. The van der Waals surface area contributed by atoms with Crippen LogP contribution in [0.15, 0.2) is 89.4 Å². The van der Waals surface area contributed by atoms with Crippen molar-refractivity contribution in [3.05, 3.63) is 95.1 Å². The van der Waals surface area contributed by atoms with Gasteiger partial charge in [0.15, 0.2) is 15.0 Å². The molecule has 0 aliphatic rings. The predicted octanol–water partition coefficient (Wildman–Crippen LogP) is 4.87. The Balaban J connectivity index is 1.69. The zero-order valence-corrected chi connectivity index (χ0v) is 18.4. The topological polar surface area (TPSA) is 80.2 Å². The van der Waals surface area contributed by atoms with Gasteiger partial charge in [-0.15, -0.1) is 0 Å². The molecular weight excluding hydrogens is 454 g/mol. The van der Waals surface area contributed by atoms with Crippen LogP contribution in [0, 0.1) is 0 Å². The molecule has 0 fully saturated rings. The largest absolute Gasteiger partial charge is 0.280 e. The number of halogens is 1. The number of amides is 1. The Morgan fingerprint density at radius 2 is 1.87 bits per heavy atom. The van der Waals surface area contributed by atoms with Gasteiger partial charge in [0.25, 0.3) is 5.91 Å². The number of carbonyl (C=O) groups excluding carboxylic acids is 1. The smallest absolute Gasteiger partial charge is 0.253 e. The third-order valence-electron chi connectivity index (χ3n) is 4.38. The van der Waals surface area contributed by atoms with Crippen molar-refractivity contribution >= 4 is 54.0 Å². The number of hydrogen-bond acceptors (Lipinski definition) is 6. The second kappa shape index (κ2) is 8.97. The maximum Gasteiger partial charge on any atom is 0.253 e. The van der Waals surface area contributed by atoms with Crippen LogP contribution >= 0.6 is 22.9 Å². The van der Waals surface area contributed by atoms with Crippen molar-refractivity contribution in [2.24, 2.45) is 0 Å². The fraction of sp³-hybridized carbons (Fsp3) is 0.0455. The van der Waals surface area contributed by atoms with Gasteiger partial charge < -0.3 is 0 Å². The molecule has 156 valence electrons. The highest BCUT2D eigenvalue weighted by Crippen LogP contribution is 2.33. The SMILES string of the molecule is O=C(C=CS(=O)(=O)c1ccccc1)N(Cc1cccnc1)c1nc2c(Cl)cccc2s1. The molecule has 0 aliphatic heterocycles. The number of carbonyl (C=O) groups is 1. The molecule has 0 unspecified atom stereocenters. The summed E-state index contributed by atoms with van der Waals surface area (Å²) in [6, 6.07) is 16.9. The minimum Gasteiger partial charge on any atom is -0.280 e. The van der Waals surface area contributed by atoms with Crippen molar-refractivity contribution < 1.29 is 13.2 Å². The zero-order chi connectivity index (χ0) is 21.8. The van der Waals surface area contributed by atoms with Crippen molar-refractivity contribution in [3.63, 3.8) is 0 Å². The lowest BCUT2D eigenvalue weighted by atomic mass is 10.2. The third kappa shape index (κ3) is 4.82. The molecule has 0 saturated carbocycles. The predicted molar refractivity (Wildman–Crippen MR) is 123 cm³/mol. The van der Waals surface area contributed by atoms with E-state index in [4.69, 9.17) is 11.6 Å². The highest BCUT2D eigenvalue weighted by molar-refractivity contribution is 7.94. The second-order valence-electron chi connectivity index (χ2n) is 6.53. The Morgan fingerprint density at radius 1 is 1.06 bits per heavy atom. The summed E-state index contributed by atoms with van der Waals surface area (Å²) < 4.78 is 25.9. The Bertz CT molecular complexity index is 1350. The van der Waals surface area contributed by atoms with E-state index in [1.54, 1.807) is 42.7 Å². The summed E-state index contributed by atoms with van der Waals surface area (Å²) in [4.78, 5) is 23.2. The molecule has 0 aliphatic carbocycles. The van der Waals surface area contributed by atoms with Crippen LogP contribution in [0.1, 0.15) is 5.56 Å². The Kier molecular flexibility index (Phi) is 6.13. The molecule has 2 aromatic carbocycles. The standard InChI is InChI=1S/C22H16ClN3O3S2/c23-18-9-4-10-19-21(18)25-22(30-19)26(15-16-6-5-12-24-14-16)20(27)11-13-31(28,29)17-7-2-1-3-8-17/h1-14H,15H2. The van der Waals surface area contributed by atoms with Crippen LogP contribution in [0.2, 0.25) is 5.02 Å². The van der Waals surface area contributed by atoms with E-state index in [1.165, 1.54) is 28.4 Å². The molecule has 31 heavy (non-hydrogen) atoms. The number of nitrogens with zero attached hydrogens (tertiary/aromatic N) is 3. The molecule has 0 radical (unpaired) electrons. The lowest BCUT2D eigenvalue weighted by molar-refractivity contribution is -0.114. The molecule has 0 saturated heterocycles. The number of rotatable bonds is 6. The van der Waals surface area contributed by atoms with Gasteiger partial charge in [-0.2, -0.15) is 0 Å². The van der Waals surface area contributed by atoms with Gasteiger partial charge >= 0.3 is 0 Å². The van der Waals surface area contributed by atoms with Crippen molar-refractivity contribution in [1.82, 2.24) is 9.97 Å². The van der Waals surface area contributed by atoms with Crippen LogP contribution in [0.25, 0.3) is 10.2 Å². The third-order valence-corrected chi connectivity index (χ3v) is 7.15. The van der Waals surface area contributed by atoms with Crippen molar-refractivity contribution in [2.45, 2.75) is 11.4 Å². The molecule has 9 heteroatoms. The molecule has 1 amide bonds. The Morgan fingerprint density at radius 3 is 2.58 bits per heavy atom. The summed E-state index contributed by atoms with van der Waals surface area (Å²) in [6.07, 6.45) is 4.33. The van der Waals surface area contributed by atoms with Gasteiger partial charge in [-0.05, 0) is 35.9 Å². The van der Waals surface area contributed by atoms with Gasteiger partial charge in [-0.1, -0.05) is 53.3 Å². The first kappa shape index (κ1) is 21.2. The molecule has 0 bridgehead atoms. The normalized spacial score (nSPS) is 11.8. The molecule has 0 spiro atoms. The quantitative estimate of drug-likeness (QED) is 0.376. The number of benzene rings is 2. The number of pyridine rings is 1. The fourth-order valence-electron chi connectivity index (χ4n) is 2.86. The van der Waals surface area contributed by atoms with Crippen LogP contribution in [-0.4, -0.2) is 24.3 Å². The molecule has 2 aromatic heterocycles. The van der Waals surface area contributed by atoms with Crippen molar-refractivity contribution in [1.29, 1.82) is 0 Å². The molecule has 0 N–H and O–H groups in total. The highest BCUT2D eigenvalue weighted by Gasteiger charge is 2.20. The summed E-state index contributed by atoms with van der Waals surface area (Å²) in [7, 11) is -3.75. The average molecular weight is 470 g/mol. The van der Waals surface area contributed by atoms with Gasteiger partial charge in [-0.3, -0.25) is 14.7 Å². The van der Waals surface area contributed by atoms with Gasteiger partial charge in [0.05, 0.1) is 21.2 Å². The lowest BCUT2D eigenvalue weighted by Gasteiger charge is -2.18. The van der Waals surface area contributed by atoms with E-state index in [0.29, 0.717) is 15.7 Å². The van der Waals surface area contributed by atoms with Crippen molar-refractivity contribution in [2.75, 3.05) is 4.90 Å². The number of fused-ring (bicyclic) bond motifs is 1. The van der Waals surface area contributed by atoms with Crippen LogP contribution in [-0.2, 0) is 21.2 Å². The van der Waals surface area contributed by atoms with Gasteiger partial charge in [0.1, 0.15) is 5.52 Å². The average Bonchev–Trinajstić information content (AvgIpc) is 3.23. The van der Waals surface area contributed by atoms with Gasteiger partial charge in [-0.25, -0.2) is 13.4 Å². The van der Waals surface area contributed by atoms with E-state index in [2.05, 4.69) is 9.97 Å². The maximum absolute atomic E-state index is 13.1. The zero-order valence-electron chi connectivity index (χ0n) is 16.1. The number of anilines is 1. The van der Waals surface area contributed by atoms with E-state index < -0.39 is 15.7 Å². The highest BCUT2D eigenvalue weighted by atomic mass is 35.5. The van der Waals surface area contributed by atoms with Crippen molar-refractivity contribution in [3.8, 4) is 0 Å². The molecule has 6 nitrogen and oxygen atoms in total. The second-order valence-corrected chi connectivity index (χ2v) is 9.78. The molecule has 4 rings (SSSR count). The fourth-order valence-corrected chi connectivity index (χ4v) is 5.12. The summed E-state index contributed by atoms with van der Waals surface area (Å²) >= 11 is 7.54. The maximum atomic E-state index is 13.1. The van der Waals surface area contributed by atoms with Crippen LogP contribution < -0.4 is 4.90 Å². The van der Waals surface area contributed by atoms with E-state index in [1.807, 2.05) is 18.2 Å². The molecule has 0 atom stereocenters. The molecular formula is C22H16ClN3O3S2.